The van der Waals surface area contributed by atoms with Crippen LogP contribution in [-0.4, -0.2) is 45.0 Å². The van der Waals surface area contributed by atoms with E-state index in [0.29, 0.717) is 13.1 Å². The molecule has 1 atom stereocenters. The predicted molar refractivity (Wildman–Crippen MR) is 105 cm³/mol. The molecule has 2 aliphatic rings. The Morgan fingerprint density at radius 2 is 2.07 bits per heavy atom. The SMILES string of the molecule is Cl.Cn1ccnc1C1CNCCN1C(=O)c1cc2c([nH]c1=O)CCCCC2. The molecular formula is C19H26ClN5O2. The van der Waals surface area contributed by atoms with Gasteiger partial charge < -0.3 is 19.8 Å². The van der Waals surface area contributed by atoms with Crippen molar-refractivity contribution in [3.63, 3.8) is 0 Å². The molecule has 2 aromatic heterocycles. The molecule has 27 heavy (non-hydrogen) atoms. The number of aromatic nitrogens is 3. The van der Waals surface area contributed by atoms with Crippen LogP contribution in [0.15, 0.2) is 23.3 Å². The maximum absolute atomic E-state index is 13.3. The van der Waals surface area contributed by atoms with Gasteiger partial charge in [0.2, 0.25) is 0 Å². The zero-order valence-electron chi connectivity index (χ0n) is 15.5. The van der Waals surface area contributed by atoms with Gasteiger partial charge >= 0.3 is 0 Å². The number of H-pyrrole nitrogens is 1. The fourth-order valence-corrected chi connectivity index (χ4v) is 4.04. The molecule has 8 heteroatoms. The summed E-state index contributed by atoms with van der Waals surface area (Å²) < 4.78 is 1.93. The third-order valence-corrected chi connectivity index (χ3v) is 5.48. The lowest BCUT2D eigenvalue weighted by atomic mass is 10.0. The largest absolute Gasteiger partial charge is 0.336 e. The van der Waals surface area contributed by atoms with E-state index in [1.807, 2.05) is 23.9 Å². The first-order valence-corrected chi connectivity index (χ1v) is 9.39. The Hall–Kier alpha value is -2.12. The molecule has 7 nitrogen and oxygen atoms in total. The molecule has 3 heterocycles. The summed E-state index contributed by atoms with van der Waals surface area (Å²) in [7, 11) is 1.93. The van der Waals surface area contributed by atoms with Gasteiger partial charge in [0.05, 0.1) is 0 Å². The van der Waals surface area contributed by atoms with Gasteiger partial charge in [0.15, 0.2) is 0 Å². The smallest absolute Gasteiger partial charge is 0.261 e. The standard InChI is InChI=1S/C19H25N5O2.ClH/c1-23-9-8-21-17(23)16-12-20-7-10-24(16)19(26)14-11-13-5-3-2-4-6-15(13)22-18(14)25;/h8-9,11,16,20H,2-7,10,12H2,1H3,(H,22,25);1H. The number of imidazole rings is 1. The van der Waals surface area contributed by atoms with Crippen LogP contribution in [0.1, 0.15) is 52.7 Å². The molecule has 146 valence electrons. The number of piperazine rings is 1. The van der Waals surface area contributed by atoms with E-state index in [9.17, 15) is 9.59 Å². The minimum absolute atomic E-state index is 0. The lowest BCUT2D eigenvalue weighted by Crippen LogP contribution is -2.50. The van der Waals surface area contributed by atoms with Gasteiger partial charge in [0.1, 0.15) is 17.4 Å². The first kappa shape index (κ1) is 19.6. The highest BCUT2D eigenvalue weighted by atomic mass is 35.5. The van der Waals surface area contributed by atoms with Crippen LogP contribution in [0.25, 0.3) is 0 Å². The number of pyridine rings is 1. The third-order valence-electron chi connectivity index (χ3n) is 5.48. The summed E-state index contributed by atoms with van der Waals surface area (Å²) in [6.45, 7) is 1.92. The minimum atomic E-state index is -0.271. The van der Waals surface area contributed by atoms with Crippen LogP contribution in [0, 0.1) is 0 Å². The van der Waals surface area contributed by atoms with Crippen molar-refractivity contribution < 1.29 is 4.79 Å². The van der Waals surface area contributed by atoms with E-state index in [0.717, 1.165) is 49.3 Å². The van der Waals surface area contributed by atoms with Gasteiger partial charge in [-0.25, -0.2) is 4.98 Å². The van der Waals surface area contributed by atoms with E-state index >= 15 is 0 Å². The Bertz CT molecular complexity index is 875. The van der Waals surface area contributed by atoms with E-state index < -0.39 is 0 Å². The monoisotopic (exact) mass is 391 g/mol. The third kappa shape index (κ3) is 3.80. The van der Waals surface area contributed by atoms with Gasteiger partial charge in [-0.05, 0) is 37.3 Å². The number of hydrogen-bond acceptors (Lipinski definition) is 4. The van der Waals surface area contributed by atoms with Gasteiger partial charge in [0, 0.05) is 44.8 Å². The lowest BCUT2D eigenvalue weighted by molar-refractivity contribution is 0.0619. The first-order chi connectivity index (χ1) is 12.6. The molecule has 1 unspecified atom stereocenters. The number of nitrogens with one attached hydrogen (secondary N) is 2. The number of aromatic amines is 1. The number of nitrogens with zero attached hydrogens (tertiary/aromatic N) is 3. The zero-order chi connectivity index (χ0) is 18.1. The number of carbonyl (C=O) groups is 1. The van der Waals surface area contributed by atoms with Crippen LogP contribution < -0.4 is 10.9 Å². The van der Waals surface area contributed by atoms with Crippen LogP contribution in [0.2, 0.25) is 0 Å². The average Bonchev–Trinajstić information content (AvgIpc) is 2.94. The quantitative estimate of drug-likeness (QED) is 0.761. The van der Waals surface area contributed by atoms with Gasteiger partial charge in [-0.2, -0.15) is 0 Å². The number of fused-ring (bicyclic) bond motifs is 1. The number of hydrogen-bond donors (Lipinski definition) is 2. The van der Waals surface area contributed by atoms with Crippen LogP contribution in [0.4, 0.5) is 0 Å². The van der Waals surface area contributed by atoms with Gasteiger partial charge in [-0.3, -0.25) is 9.59 Å². The summed E-state index contributed by atoms with van der Waals surface area (Å²) in [5.74, 6) is 0.629. The van der Waals surface area contributed by atoms with Crippen molar-refractivity contribution in [2.75, 3.05) is 19.6 Å². The highest BCUT2D eigenvalue weighted by Gasteiger charge is 2.32. The van der Waals surface area contributed by atoms with Crippen molar-refractivity contribution in [3.05, 3.63) is 51.5 Å². The van der Waals surface area contributed by atoms with E-state index in [4.69, 9.17) is 0 Å². The Balaban J connectivity index is 0.00000210. The van der Waals surface area contributed by atoms with Gasteiger partial charge in [0.25, 0.3) is 11.5 Å². The molecule has 1 saturated heterocycles. The lowest BCUT2D eigenvalue weighted by Gasteiger charge is -2.35. The number of amides is 1. The fourth-order valence-electron chi connectivity index (χ4n) is 4.04. The molecular weight excluding hydrogens is 366 g/mol. The molecule has 1 fully saturated rings. The van der Waals surface area contributed by atoms with Crippen molar-refractivity contribution in [2.24, 2.45) is 7.05 Å². The second-order valence-electron chi connectivity index (χ2n) is 7.19. The minimum Gasteiger partial charge on any atom is -0.336 e. The zero-order valence-corrected chi connectivity index (χ0v) is 16.3. The van der Waals surface area contributed by atoms with Crippen molar-refractivity contribution in [3.8, 4) is 0 Å². The van der Waals surface area contributed by atoms with Crippen molar-refractivity contribution >= 4 is 18.3 Å². The summed E-state index contributed by atoms with van der Waals surface area (Å²) in [6.07, 6.45) is 8.80. The summed E-state index contributed by atoms with van der Waals surface area (Å²) >= 11 is 0. The molecule has 2 aromatic rings. The summed E-state index contributed by atoms with van der Waals surface area (Å²) in [5, 5.41) is 3.33. The van der Waals surface area contributed by atoms with E-state index in [-0.39, 0.29) is 35.5 Å². The van der Waals surface area contributed by atoms with Crippen LogP contribution >= 0.6 is 12.4 Å². The number of carbonyl (C=O) groups excluding carboxylic acids is 1. The van der Waals surface area contributed by atoms with E-state index in [2.05, 4.69) is 15.3 Å². The number of halogens is 1. The topological polar surface area (TPSA) is 83.0 Å². The molecule has 1 aliphatic heterocycles. The molecule has 0 bridgehead atoms. The molecule has 2 N–H and O–H groups in total. The van der Waals surface area contributed by atoms with Crippen LogP contribution in [0.3, 0.4) is 0 Å². The maximum atomic E-state index is 13.3. The summed E-state index contributed by atoms with van der Waals surface area (Å²) in [4.78, 5) is 35.0. The Morgan fingerprint density at radius 3 is 2.85 bits per heavy atom. The van der Waals surface area contributed by atoms with Crippen LogP contribution in [-0.2, 0) is 19.9 Å². The van der Waals surface area contributed by atoms with Crippen LogP contribution in [0.5, 0.6) is 0 Å². The highest BCUT2D eigenvalue weighted by molar-refractivity contribution is 5.94. The first-order valence-electron chi connectivity index (χ1n) is 9.39. The van der Waals surface area contributed by atoms with Gasteiger partial charge in [-0.15, -0.1) is 12.4 Å². The molecule has 1 aliphatic carbocycles. The van der Waals surface area contributed by atoms with Crippen molar-refractivity contribution in [1.29, 1.82) is 0 Å². The number of aryl methyl sites for hydroxylation is 3. The number of rotatable bonds is 2. The second kappa shape index (κ2) is 8.27. The molecule has 0 saturated carbocycles. The molecule has 0 aromatic carbocycles. The summed E-state index contributed by atoms with van der Waals surface area (Å²) in [5.41, 5.74) is 2.11. The molecule has 1 amide bonds. The van der Waals surface area contributed by atoms with Gasteiger partial charge in [-0.1, -0.05) is 6.42 Å². The Morgan fingerprint density at radius 1 is 1.26 bits per heavy atom. The average molecular weight is 392 g/mol. The highest BCUT2D eigenvalue weighted by Crippen LogP contribution is 2.23. The maximum Gasteiger partial charge on any atom is 0.261 e. The molecule has 0 spiro atoms. The Kier molecular flexibility index (Phi) is 6.01. The normalized spacial score (nSPS) is 19.7. The summed E-state index contributed by atoms with van der Waals surface area (Å²) in [6, 6.07) is 1.66. The fraction of sp³-hybridized carbons (Fsp3) is 0.526. The van der Waals surface area contributed by atoms with E-state index in [1.54, 1.807) is 11.1 Å². The van der Waals surface area contributed by atoms with E-state index in [1.165, 1.54) is 6.42 Å². The van der Waals surface area contributed by atoms with Crippen molar-refractivity contribution in [2.45, 2.75) is 38.1 Å². The Labute approximate surface area is 164 Å². The second-order valence-corrected chi connectivity index (χ2v) is 7.19. The predicted octanol–water partition coefficient (Wildman–Crippen LogP) is 1.59. The molecule has 4 rings (SSSR count). The van der Waals surface area contributed by atoms with Crippen molar-refractivity contribution in [1.82, 2.24) is 24.8 Å². The molecule has 0 radical (unpaired) electrons.